The monoisotopic (exact) mass is 500 g/mol. The van der Waals surface area contributed by atoms with Gasteiger partial charge in [-0.15, -0.1) is 11.3 Å². The second kappa shape index (κ2) is 11.3. The van der Waals surface area contributed by atoms with Crippen LogP contribution in [-0.2, 0) is 4.79 Å². The summed E-state index contributed by atoms with van der Waals surface area (Å²) in [5, 5.41) is 10.1. The van der Waals surface area contributed by atoms with E-state index in [-0.39, 0.29) is 30.4 Å². The van der Waals surface area contributed by atoms with Crippen LogP contribution in [0.5, 0.6) is 5.75 Å². The first kappa shape index (κ1) is 23.9. The highest BCUT2D eigenvalue weighted by atomic mass is 35.5. The number of piperidine rings is 1. The lowest BCUT2D eigenvalue weighted by atomic mass is 9.88. The van der Waals surface area contributed by atoms with E-state index in [0.29, 0.717) is 41.0 Å². The molecular formula is C23H25ClN6O3S. The lowest BCUT2D eigenvalue weighted by molar-refractivity contribution is -0.117. The number of thiazole rings is 1. The number of ether oxygens (including phenoxy) is 1. The highest BCUT2D eigenvalue weighted by Crippen LogP contribution is 2.27. The molecule has 2 atom stereocenters. The Morgan fingerprint density at radius 1 is 1.18 bits per heavy atom. The van der Waals surface area contributed by atoms with Gasteiger partial charge in [0.15, 0.2) is 0 Å². The summed E-state index contributed by atoms with van der Waals surface area (Å²) in [4.78, 5) is 35.8. The van der Waals surface area contributed by atoms with Gasteiger partial charge in [-0.05, 0) is 42.8 Å². The van der Waals surface area contributed by atoms with Crippen molar-refractivity contribution in [3.63, 3.8) is 0 Å². The Labute approximate surface area is 206 Å². The minimum absolute atomic E-state index is 0.0995. The summed E-state index contributed by atoms with van der Waals surface area (Å²) in [7, 11) is 1.59. The van der Waals surface area contributed by atoms with Crippen molar-refractivity contribution in [1.29, 1.82) is 0 Å². The predicted molar refractivity (Wildman–Crippen MR) is 133 cm³/mol. The zero-order valence-corrected chi connectivity index (χ0v) is 20.1. The van der Waals surface area contributed by atoms with Gasteiger partial charge in [-0.1, -0.05) is 11.6 Å². The number of anilines is 2. The maximum absolute atomic E-state index is 12.7. The minimum atomic E-state index is -0.303. The number of aromatic nitrogens is 2. The average molecular weight is 501 g/mol. The van der Waals surface area contributed by atoms with Gasteiger partial charge in [0.05, 0.1) is 31.6 Å². The quantitative estimate of drug-likeness (QED) is 0.455. The topological polar surface area (TPSA) is 108 Å². The van der Waals surface area contributed by atoms with E-state index >= 15 is 0 Å². The minimum Gasteiger partial charge on any atom is -0.495 e. The van der Waals surface area contributed by atoms with Gasteiger partial charge in [0, 0.05) is 41.5 Å². The predicted octanol–water partition coefficient (Wildman–Crippen LogP) is 3.82. The third-order valence-corrected chi connectivity index (χ3v) is 6.49. The summed E-state index contributed by atoms with van der Waals surface area (Å²) in [5.41, 5.74) is 3.15. The fraction of sp³-hybridized carbons (Fsp3) is 0.304. The summed E-state index contributed by atoms with van der Waals surface area (Å²) in [6.45, 7) is 1.48. The Morgan fingerprint density at radius 3 is 2.68 bits per heavy atom. The Bertz CT molecular complexity index is 1090. The maximum atomic E-state index is 12.7. The number of likely N-dealkylation sites (tertiary alicyclic amines) is 1. The lowest BCUT2D eigenvalue weighted by Crippen LogP contribution is -2.52. The lowest BCUT2D eigenvalue weighted by Gasteiger charge is -2.38. The van der Waals surface area contributed by atoms with Crippen molar-refractivity contribution >= 4 is 45.6 Å². The van der Waals surface area contributed by atoms with E-state index in [1.807, 2.05) is 12.1 Å². The standard InChI is InChI=1S/C23H25ClN6O3S/c1-33-17-6-7-19(26-10-17)18-12-30(13-21(31)29-22-11-25-14-34-22)9-8-20(18)28-23(32)27-16-4-2-15(24)3-5-16/h2-7,10-11,14,18,20H,8-9,12-13H2,1H3,(H,29,31)(H2,27,28,32). The van der Waals surface area contributed by atoms with Crippen LogP contribution >= 0.6 is 22.9 Å². The van der Waals surface area contributed by atoms with Crippen LogP contribution in [-0.4, -0.2) is 59.6 Å². The normalized spacial score (nSPS) is 18.2. The Kier molecular flexibility index (Phi) is 7.94. The molecule has 1 saturated heterocycles. The molecule has 34 heavy (non-hydrogen) atoms. The van der Waals surface area contributed by atoms with Crippen molar-refractivity contribution in [2.24, 2.45) is 0 Å². The van der Waals surface area contributed by atoms with Crippen molar-refractivity contribution < 1.29 is 14.3 Å². The van der Waals surface area contributed by atoms with Crippen molar-refractivity contribution in [3.8, 4) is 5.75 Å². The fourth-order valence-electron chi connectivity index (χ4n) is 3.89. The summed E-state index contributed by atoms with van der Waals surface area (Å²) in [6.07, 6.45) is 3.96. The molecule has 1 aromatic carbocycles. The van der Waals surface area contributed by atoms with Crippen LogP contribution in [0, 0.1) is 0 Å². The van der Waals surface area contributed by atoms with Gasteiger partial charge in [0.25, 0.3) is 0 Å². The van der Waals surface area contributed by atoms with Gasteiger partial charge in [0.1, 0.15) is 10.8 Å². The second-order valence-corrected chi connectivity index (χ2v) is 9.20. The zero-order valence-electron chi connectivity index (χ0n) is 18.5. The molecule has 0 spiro atoms. The molecule has 1 fully saturated rings. The summed E-state index contributed by atoms with van der Waals surface area (Å²) in [5.74, 6) is 0.453. The largest absolute Gasteiger partial charge is 0.495 e. The van der Waals surface area contributed by atoms with Crippen LogP contribution in [0.4, 0.5) is 15.5 Å². The van der Waals surface area contributed by atoms with Gasteiger partial charge < -0.3 is 20.7 Å². The molecule has 3 N–H and O–H groups in total. The van der Waals surface area contributed by atoms with Crippen LogP contribution in [0.15, 0.2) is 54.3 Å². The van der Waals surface area contributed by atoms with E-state index in [2.05, 4.69) is 30.8 Å². The number of hydrogen-bond donors (Lipinski definition) is 3. The molecule has 11 heteroatoms. The van der Waals surface area contributed by atoms with Crippen LogP contribution in [0.2, 0.25) is 5.02 Å². The number of carbonyl (C=O) groups is 2. The summed E-state index contributed by atoms with van der Waals surface area (Å²) in [6, 6.07) is 10.2. The molecule has 0 radical (unpaired) electrons. The first-order valence-electron chi connectivity index (χ1n) is 10.7. The molecule has 178 valence electrons. The number of nitrogens with one attached hydrogen (secondary N) is 3. The molecular weight excluding hydrogens is 476 g/mol. The number of urea groups is 1. The molecule has 1 aliphatic rings. The number of carbonyl (C=O) groups excluding carboxylic acids is 2. The van der Waals surface area contributed by atoms with E-state index in [0.717, 1.165) is 5.69 Å². The highest BCUT2D eigenvalue weighted by Gasteiger charge is 2.33. The van der Waals surface area contributed by atoms with E-state index in [9.17, 15) is 9.59 Å². The van der Waals surface area contributed by atoms with Gasteiger partial charge in [-0.2, -0.15) is 0 Å². The first-order chi connectivity index (χ1) is 16.5. The van der Waals surface area contributed by atoms with Crippen molar-refractivity contribution in [2.75, 3.05) is 37.4 Å². The molecule has 9 nitrogen and oxygen atoms in total. The van der Waals surface area contributed by atoms with Crippen molar-refractivity contribution in [1.82, 2.24) is 20.2 Å². The Morgan fingerprint density at radius 2 is 2.00 bits per heavy atom. The molecule has 3 aromatic rings. The Hall–Kier alpha value is -3.21. The van der Waals surface area contributed by atoms with E-state index in [1.165, 1.54) is 11.3 Å². The molecule has 0 bridgehead atoms. The maximum Gasteiger partial charge on any atom is 0.319 e. The van der Waals surface area contributed by atoms with Gasteiger partial charge in [-0.3, -0.25) is 19.7 Å². The zero-order chi connectivity index (χ0) is 23.9. The molecule has 0 aliphatic carbocycles. The molecule has 3 amide bonds. The van der Waals surface area contributed by atoms with Gasteiger partial charge in [-0.25, -0.2) is 4.79 Å². The number of hydrogen-bond acceptors (Lipinski definition) is 7. The molecule has 2 unspecified atom stereocenters. The number of benzene rings is 1. The number of rotatable bonds is 7. The fourth-order valence-corrected chi connectivity index (χ4v) is 4.55. The number of halogens is 1. The summed E-state index contributed by atoms with van der Waals surface area (Å²) < 4.78 is 5.23. The third kappa shape index (κ3) is 6.43. The second-order valence-electron chi connectivity index (χ2n) is 7.88. The smallest absolute Gasteiger partial charge is 0.319 e. The average Bonchev–Trinajstić information content (AvgIpc) is 3.34. The number of pyridine rings is 1. The number of amides is 3. The molecule has 0 saturated carbocycles. The van der Waals surface area contributed by atoms with Crippen molar-refractivity contribution in [3.05, 3.63) is 65.0 Å². The van der Waals surface area contributed by atoms with Crippen LogP contribution in [0.1, 0.15) is 18.0 Å². The molecule has 2 aromatic heterocycles. The number of methoxy groups -OCH3 is 1. The van der Waals surface area contributed by atoms with Gasteiger partial charge in [0.2, 0.25) is 5.91 Å². The van der Waals surface area contributed by atoms with Gasteiger partial charge >= 0.3 is 6.03 Å². The third-order valence-electron chi connectivity index (χ3n) is 5.55. The molecule has 4 rings (SSSR count). The van der Waals surface area contributed by atoms with Crippen LogP contribution in [0.3, 0.4) is 0 Å². The molecule has 1 aliphatic heterocycles. The molecule has 3 heterocycles. The van der Waals surface area contributed by atoms with E-state index in [4.69, 9.17) is 16.3 Å². The number of nitrogens with zero attached hydrogens (tertiary/aromatic N) is 3. The van der Waals surface area contributed by atoms with Crippen molar-refractivity contribution in [2.45, 2.75) is 18.4 Å². The SMILES string of the molecule is COc1ccc(C2CN(CC(=O)Nc3cncs3)CCC2NC(=O)Nc2ccc(Cl)cc2)nc1. The highest BCUT2D eigenvalue weighted by molar-refractivity contribution is 7.13. The van der Waals surface area contributed by atoms with Crippen LogP contribution in [0.25, 0.3) is 0 Å². The first-order valence-corrected chi connectivity index (χ1v) is 12.0. The van der Waals surface area contributed by atoms with E-state index < -0.39 is 0 Å². The van der Waals surface area contributed by atoms with Crippen LogP contribution < -0.4 is 20.7 Å². The Balaban J connectivity index is 1.43. The van der Waals surface area contributed by atoms with E-state index in [1.54, 1.807) is 49.3 Å². The summed E-state index contributed by atoms with van der Waals surface area (Å²) >= 11 is 7.30.